The molecule has 26 heavy (non-hydrogen) atoms. The highest BCUT2D eigenvalue weighted by atomic mass is 35.5. The number of hydrogen-bond donors (Lipinski definition) is 0. The van der Waals surface area contributed by atoms with Gasteiger partial charge < -0.3 is 0 Å². The predicted molar refractivity (Wildman–Crippen MR) is 109 cm³/mol. The van der Waals surface area contributed by atoms with Gasteiger partial charge in [-0.25, -0.2) is 14.5 Å². The largest absolute Gasteiger partial charge is 0.245 e. The summed E-state index contributed by atoms with van der Waals surface area (Å²) < 4.78 is 1.98. The highest BCUT2D eigenvalue weighted by Gasteiger charge is 2.23. The van der Waals surface area contributed by atoms with Crippen molar-refractivity contribution in [3.05, 3.63) is 46.4 Å². The van der Waals surface area contributed by atoms with E-state index in [4.69, 9.17) is 21.7 Å². The van der Waals surface area contributed by atoms with E-state index in [0.29, 0.717) is 5.92 Å². The van der Waals surface area contributed by atoms with Gasteiger partial charge in [0.2, 0.25) is 0 Å². The fourth-order valence-electron chi connectivity index (χ4n) is 3.62. The lowest BCUT2D eigenvalue weighted by molar-refractivity contribution is 0.638. The Morgan fingerprint density at radius 3 is 2.69 bits per heavy atom. The van der Waals surface area contributed by atoms with Crippen LogP contribution in [0.15, 0.2) is 24.4 Å². The molecule has 4 aromatic rings. The minimum Gasteiger partial charge on any atom is -0.245 e. The first-order valence-electron chi connectivity index (χ1n) is 8.95. The average Bonchev–Trinajstić information content (AvgIpc) is 3.13. The van der Waals surface area contributed by atoms with Crippen molar-refractivity contribution in [3.8, 4) is 10.6 Å². The smallest absolute Gasteiger partial charge is 0.158 e. The molecular formula is C20H21ClN4S. The van der Waals surface area contributed by atoms with Crippen LogP contribution in [0.25, 0.3) is 26.4 Å². The number of aryl methyl sites for hydroxylation is 2. The summed E-state index contributed by atoms with van der Waals surface area (Å²) in [4.78, 5) is 11.3. The van der Waals surface area contributed by atoms with Crippen molar-refractivity contribution in [2.24, 2.45) is 0 Å². The first-order valence-corrected chi connectivity index (χ1v) is 10.1. The Bertz CT molecular complexity index is 1110. The van der Waals surface area contributed by atoms with Gasteiger partial charge >= 0.3 is 0 Å². The monoisotopic (exact) mass is 384 g/mol. The van der Waals surface area contributed by atoms with Gasteiger partial charge in [0.05, 0.1) is 21.3 Å². The van der Waals surface area contributed by atoms with Crippen molar-refractivity contribution in [1.82, 2.24) is 19.6 Å². The molecule has 0 aliphatic heterocycles. The second-order valence-electron chi connectivity index (χ2n) is 6.64. The first kappa shape index (κ1) is 17.4. The molecular weight excluding hydrogens is 364 g/mol. The highest BCUT2D eigenvalue weighted by molar-refractivity contribution is 7.22. The number of nitrogens with zero attached hydrogens (tertiary/aromatic N) is 4. The van der Waals surface area contributed by atoms with Crippen molar-refractivity contribution in [1.29, 1.82) is 0 Å². The third-order valence-electron chi connectivity index (χ3n) is 4.96. The third-order valence-corrected chi connectivity index (χ3v) is 6.58. The van der Waals surface area contributed by atoms with Gasteiger partial charge in [0.1, 0.15) is 10.5 Å². The van der Waals surface area contributed by atoms with Crippen LogP contribution in [0.5, 0.6) is 0 Å². The fourth-order valence-corrected chi connectivity index (χ4v) is 5.15. The number of hydrogen-bond acceptors (Lipinski definition) is 4. The Morgan fingerprint density at radius 2 is 2.00 bits per heavy atom. The molecule has 0 bridgehead atoms. The summed E-state index contributed by atoms with van der Waals surface area (Å²) in [6.45, 7) is 8.53. The van der Waals surface area contributed by atoms with E-state index < -0.39 is 0 Å². The van der Waals surface area contributed by atoms with Gasteiger partial charge in [-0.05, 0) is 50.8 Å². The van der Waals surface area contributed by atoms with E-state index in [1.807, 2.05) is 30.5 Å². The van der Waals surface area contributed by atoms with Gasteiger partial charge in [0.15, 0.2) is 5.65 Å². The average molecular weight is 385 g/mol. The van der Waals surface area contributed by atoms with Crippen LogP contribution in [0.3, 0.4) is 0 Å². The zero-order valence-electron chi connectivity index (χ0n) is 15.4. The van der Waals surface area contributed by atoms with Crippen LogP contribution in [-0.4, -0.2) is 19.6 Å². The fraction of sp³-hybridized carbons (Fsp3) is 0.350. The maximum Gasteiger partial charge on any atom is 0.158 e. The molecule has 0 saturated heterocycles. The van der Waals surface area contributed by atoms with Gasteiger partial charge in [0, 0.05) is 17.1 Å². The second kappa shape index (κ2) is 6.63. The minimum atomic E-state index is 0.480. The Kier molecular flexibility index (Phi) is 4.45. The van der Waals surface area contributed by atoms with E-state index in [2.05, 4.69) is 24.9 Å². The number of rotatable bonds is 4. The molecule has 4 rings (SSSR count). The Morgan fingerprint density at radius 1 is 1.23 bits per heavy atom. The summed E-state index contributed by atoms with van der Waals surface area (Å²) >= 11 is 8.32. The quantitative estimate of drug-likeness (QED) is 0.422. The summed E-state index contributed by atoms with van der Waals surface area (Å²) in [6, 6.07) is 6.11. The Balaban J connectivity index is 2.04. The van der Waals surface area contributed by atoms with Crippen LogP contribution in [0.2, 0.25) is 5.02 Å². The Labute approximate surface area is 161 Å². The molecule has 134 valence electrons. The summed E-state index contributed by atoms with van der Waals surface area (Å²) in [5.74, 6) is 0.480. The molecule has 0 spiro atoms. The van der Waals surface area contributed by atoms with Crippen molar-refractivity contribution >= 4 is 38.8 Å². The van der Waals surface area contributed by atoms with E-state index >= 15 is 0 Å². The van der Waals surface area contributed by atoms with E-state index in [9.17, 15) is 0 Å². The van der Waals surface area contributed by atoms with Crippen molar-refractivity contribution < 1.29 is 0 Å². The summed E-state index contributed by atoms with van der Waals surface area (Å²) in [5, 5.41) is 6.49. The maximum absolute atomic E-state index is 6.72. The van der Waals surface area contributed by atoms with Crippen LogP contribution in [0.4, 0.5) is 0 Å². The number of imidazole rings is 1. The molecule has 6 heteroatoms. The zero-order chi connectivity index (χ0) is 18.4. The first-order chi connectivity index (χ1) is 12.5. The number of thiophene rings is 1. The molecule has 0 saturated carbocycles. The molecule has 4 aromatic heterocycles. The topological polar surface area (TPSA) is 43.1 Å². The molecule has 0 atom stereocenters. The number of halogens is 1. The second-order valence-corrected chi connectivity index (χ2v) is 8.01. The van der Waals surface area contributed by atoms with Crippen LogP contribution in [0, 0.1) is 13.8 Å². The summed E-state index contributed by atoms with van der Waals surface area (Å²) in [7, 11) is 0. The molecule has 0 N–H and O–H groups in total. The lowest BCUT2D eigenvalue weighted by Crippen LogP contribution is -2.04. The lowest BCUT2D eigenvalue weighted by Gasteiger charge is -2.14. The van der Waals surface area contributed by atoms with E-state index in [0.717, 1.165) is 55.7 Å². The Hall–Kier alpha value is -1.98. The number of pyridine rings is 1. The molecule has 0 radical (unpaired) electrons. The van der Waals surface area contributed by atoms with Gasteiger partial charge in [-0.2, -0.15) is 5.10 Å². The van der Waals surface area contributed by atoms with Gasteiger partial charge in [-0.1, -0.05) is 25.4 Å². The van der Waals surface area contributed by atoms with Crippen LogP contribution < -0.4 is 0 Å². The van der Waals surface area contributed by atoms with Crippen molar-refractivity contribution in [2.75, 3.05) is 0 Å². The maximum atomic E-state index is 6.72. The van der Waals surface area contributed by atoms with Crippen LogP contribution >= 0.6 is 22.9 Å². The molecule has 0 aromatic carbocycles. The molecule has 4 heterocycles. The molecule has 0 aliphatic rings. The van der Waals surface area contributed by atoms with Crippen LogP contribution in [-0.2, 0) is 0 Å². The van der Waals surface area contributed by atoms with Crippen LogP contribution in [0.1, 0.15) is 49.6 Å². The summed E-state index contributed by atoms with van der Waals surface area (Å²) in [5.41, 5.74) is 5.13. The zero-order valence-corrected chi connectivity index (χ0v) is 16.9. The van der Waals surface area contributed by atoms with Gasteiger partial charge in [0.25, 0.3) is 0 Å². The number of fused-ring (bicyclic) bond motifs is 2. The molecule has 0 fully saturated rings. The lowest BCUT2D eigenvalue weighted by atomic mass is 9.95. The molecule has 0 unspecified atom stereocenters. The molecule has 4 nitrogen and oxygen atoms in total. The van der Waals surface area contributed by atoms with E-state index in [1.165, 1.54) is 5.56 Å². The normalized spacial score (nSPS) is 11.9. The molecule has 0 aliphatic carbocycles. The minimum absolute atomic E-state index is 0.480. The highest BCUT2D eigenvalue weighted by Crippen LogP contribution is 2.42. The third kappa shape index (κ3) is 2.61. The predicted octanol–water partition coefficient (Wildman–Crippen LogP) is 6.18. The van der Waals surface area contributed by atoms with Gasteiger partial charge in [-0.15, -0.1) is 11.3 Å². The van der Waals surface area contributed by atoms with Crippen molar-refractivity contribution in [3.63, 3.8) is 0 Å². The van der Waals surface area contributed by atoms with E-state index in [-0.39, 0.29) is 0 Å². The number of aromatic nitrogens is 4. The van der Waals surface area contributed by atoms with Crippen molar-refractivity contribution in [2.45, 2.75) is 46.5 Å². The molecule has 0 amide bonds. The summed E-state index contributed by atoms with van der Waals surface area (Å²) in [6.07, 6.45) is 3.97. The van der Waals surface area contributed by atoms with E-state index in [1.54, 1.807) is 17.5 Å². The van der Waals surface area contributed by atoms with Gasteiger partial charge in [-0.3, -0.25) is 0 Å². The standard InChI is InChI=1S/C20H21ClN4S/c1-5-13(6-2)15-10-11(3)24-25-17(12(4)23-19(15)25)18-16(21)14-8-7-9-22-20(14)26-18/h7-10,13H,5-6H2,1-4H3. The SMILES string of the molecule is CCC(CC)c1cc(C)nn2c(-c3sc4ncccc4c3Cl)c(C)nc12.